The number of hydrogen-bond acceptors (Lipinski definition) is 4. The predicted molar refractivity (Wildman–Crippen MR) is 80.9 cm³/mol. The molecule has 0 aromatic heterocycles. The molecule has 0 saturated carbocycles. The van der Waals surface area contributed by atoms with Crippen LogP contribution < -0.4 is 0 Å². The van der Waals surface area contributed by atoms with Crippen LogP contribution in [0.1, 0.15) is 11.1 Å². The van der Waals surface area contributed by atoms with Crippen molar-refractivity contribution in [1.82, 2.24) is 0 Å². The molecule has 0 aliphatic heterocycles. The fourth-order valence-corrected chi connectivity index (χ4v) is 1.93. The van der Waals surface area contributed by atoms with Crippen molar-refractivity contribution >= 4 is 33.5 Å². The summed E-state index contributed by atoms with van der Waals surface area (Å²) in [6.45, 7) is 1.96. The molecule has 0 saturated heterocycles. The first kappa shape index (κ1) is 14.2. The third kappa shape index (κ3) is 3.21. The molecule has 0 unspecified atom stereocenters. The number of halogens is 1. The van der Waals surface area contributed by atoms with Crippen LogP contribution in [-0.2, 0) is 0 Å². The van der Waals surface area contributed by atoms with Crippen molar-refractivity contribution in [2.24, 2.45) is 4.99 Å². The molecule has 0 spiro atoms. The number of phenols is 1. The average Bonchev–Trinajstić information content (AvgIpc) is 2.41. The Morgan fingerprint density at radius 2 is 2.05 bits per heavy atom. The number of non-ortho nitro benzene ring substituents is 1. The highest BCUT2D eigenvalue weighted by Gasteiger charge is 2.08. The highest BCUT2D eigenvalue weighted by Crippen LogP contribution is 2.25. The van der Waals surface area contributed by atoms with Crippen molar-refractivity contribution in [3.05, 3.63) is 62.1 Å². The van der Waals surface area contributed by atoms with Crippen LogP contribution in [0.5, 0.6) is 5.75 Å². The van der Waals surface area contributed by atoms with Gasteiger partial charge in [0.05, 0.1) is 10.6 Å². The molecule has 0 fully saturated rings. The molecule has 0 atom stereocenters. The maximum absolute atomic E-state index is 10.7. The fourth-order valence-electron chi connectivity index (χ4n) is 1.57. The van der Waals surface area contributed by atoms with Crippen LogP contribution in [0.2, 0.25) is 0 Å². The molecule has 20 heavy (non-hydrogen) atoms. The molecule has 0 radical (unpaired) electrons. The number of nitro benzene ring substituents is 1. The van der Waals surface area contributed by atoms with Crippen LogP contribution in [0, 0.1) is 17.0 Å². The third-order valence-electron chi connectivity index (χ3n) is 2.73. The fraction of sp³-hybridized carbons (Fsp3) is 0.0714. The number of aryl methyl sites for hydroxylation is 1. The van der Waals surface area contributed by atoms with Crippen LogP contribution in [-0.4, -0.2) is 16.2 Å². The van der Waals surface area contributed by atoms with E-state index in [1.54, 1.807) is 0 Å². The summed E-state index contributed by atoms with van der Waals surface area (Å²) in [6.07, 6.45) is 1.40. The molecule has 2 aromatic carbocycles. The SMILES string of the molecule is Cc1ccc(N=Cc2cc([N+](=O)[O-])ccc2O)cc1Br. The van der Waals surface area contributed by atoms with E-state index in [0.717, 1.165) is 10.0 Å². The van der Waals surface area contributed by atoms with Crippen LogP contribution in [0.3, 0.4) is 0 Å². The zero-order valence-electron chi connectivity index (χ0n) is 10.6. The third-order valence-corrected chi connectivity index (χ3v) is 3.58. The summed E-state index contributed by atoms with van der Waals surface area (Å²) >= 11 is 3.40. The van der Waals surface area contributed by atoms with Crippen LogP contribution in [0.15, 0.2) is 45.9 Å². The first-order chi connectivity index (χ1) is 9.47. The summed E-state index contributed by atoms with van der Waals surface area (Å²) in [4.78, 5) is 14.4. The maximum Gasteiger partial charge on any atom is 0.270 e. The molecule has 0 aliphatic rings. The number of hydrogen-bond donors (Lipinski definition) is 1. The highest BCUT2D eigenvalue weighted by molar-refractivity contribution is 9.10. The van der Waals surface area contributed by atoms with Crippen LogP contribution in [0.4, 0.5) is 11.4 Å². The Labute approximate surface area is 123 Å². The second kappa shape index (κ2) is 5.83. The van der Waals surface area contributed by atoms with Crippen molar-refractivity contribution in [1.29, 1.82) is 0 Å². The van der Waals surface area contributed by atoms with E-state index in [0.29, 0.717) is 11.3 Å². The molecular formula is C14H11BrN2O3. The number of benzene rings is 2. The van der Waals surface area contributed by atoms with E-state index in [1.807, 2.05) is 25.1 Å². The van der Waals surface area contributed by atoms with Gasteiger partial charge in [0.25, 0.3) is 5.69 Å². The van der Waals surface area contributed by atoms with Crippen LogP contribution >= 0.6 is 15.9 Å². The van der Waals surface area contributed by atoms with E-state index in [4.69, 9.17) is 0 Å². The van der Waals surface area contributed by atoms with E-state index in [1.165, 1.54) is 24.4 Å². The Kier molecular flexibility index (Phi) is 4.14. The van der Waals surface area contributed by atoms with Gasteiger partial charge in [0.1, 0.15) is 5.75 Å². The lowest BCUT2D eigenvalue weighted by Gasteiger charge is -2.00. The van der Waals surface area contributed by atoms with E-state index >= 15 is 0 Å². The number of rotatable bonds is 3. The number of aromatic hydroxyl groups is 1. The molecule has 5 nitrogen and oxygen atoms in total. The van der Waals surface area contributed by atoms with Gasteiger partial charge in [-0.25, -0.2) is 0 Å². The Morgan fingerprint density at radius 3 is 2.70 bits per heavy atom. The quantitative estimate of drug-likeness (QED) is 0.521. The number of nitro groups is 1. The Hall–Kier alpha value is -2.21. The minimum Gasteiger partial charge on any atom is -0.507 e. The zero-order chi connectivity index (χ0) is 14.7. The first-order valence-corrected chi connectivity index (χ1v) is 6.54. The van der Waals surface area contributed by atoms with E-state index in [-0.39, 0.29) is 11.4 Å². The monoisotopic (exact) mass is 334 g/mol. The predicted octanol–water partition coefficient (Wildman–Crippen LogP) is 4.12. The molecule has 0 aliphatic carbocycles. The zero-order valence-corrected chi connectivity index (χ0v) is 12.2. The van der Waals surface area contributed by atoms with Gasteiger partial charge in [-0.1, -0.05) is 22.0 Å². The van der Waals surface area contributed by atoms with Gasteiger partial charge < -0.3 is 5.11 Å². The summed E-state index contributed by atoms with van der Waals surface area (Å²) in [5, 5.41) is 20.4. The molecule has 2 aromatic rings. The van der Waals surface area contributed by atoms with E-state index in [2.05, 4.69) is 20.9 Å². The lowest BCUT2D eigenvalue weighted by Crippen LogP contribution is -1.90. The summed E-state index contributed by atoms with van der Waals surface area (Å²) in [5.41, 5.74) is 1.99. The number of nitrogens with zero attached hydrogens (tertiary/aromatic N) is 2. The summed E-state index contributed by atoms with van der Waals surface area (Å²) in [6, 6.07) is 9.37. The molecule has 0 bridgehead atoms. The van der Waals surface area contributed by atoms with Gasteiger partial charge in [-0.15, -0.1) is 0 Å². The van der Waals surface area contributed by atoms with Gasteiger partial charge in [-0.05, 0) is 30.7 Å². The van der Waals surface area contributed by atoms with Gasteiger partial charge >= 0.3 is 0 Å². The highest BCUT2D eigenvalue weighted by atomic mass is 79.9. The van der Waals surface area contributed by atoms with E-state index < -0.39 is 4.92 Å². The molecular weight excluding hydrogens is 324 g/mol. The standard InChI is InChI=1S/C14H11BrN2O3/c1-9-2-3-11(7-13(9)15)16-8-10-6-12(17(19)20)4-5-14(10)18/h2-8,18H,1H3. The van der Waals surface area contributed by atoms with Crippen LogP contribution in [0.25, 0.3) is 0 Å². The molecule has 0 amide bonds. The van der Waals surface area contributed by atoms with Gasteiger partial charge in [0, 0.05) is 28.4 Å². The molecule has 6 heteroatoms. The smallest absolute Gasteiger partial charge is 0.270 e. The largest absolute Gasteiger partial charge is 0.507 e. The summed E-state index contributed by atoms with van der Waals surface area (Å²) in [7, 11) is 0. The summed E-state index contributed by atoms with van der Waals surface area (Å²) in [5.74, 6) is -0.0504. The minimum atomic E-state index is -0.515. The second-order valence-electron chi connectivity index (χ2n) is 4.19. The maximum atomic E-state index is 10.7. The van der Waals surface area contributed by atoms with Gasteiger partial charge in [-0.2, -0.15) is 0 Å². The van der Waals surface area contributed by atoms with Gasteiger partial charge in [-0.3, -0.25) is 15.1 Å². The first-order valence-electron chi connectivity index (χ1n) is 5.75. The lowest BCUT2D eigenvalue weighted by molar-refractivity contribution is -0.384. The lowest BCUT2D eigenvalue weighted by atomic mass is 10.2. The molecule has 2 rings (SSSR count). The van der Waals surface area contributed by atoms with Gasteiger partial charge in [0.15, 0.2) is 0 Å². The van der Waals surface area contributed by atoms with Crippen molar-refractivity contribution < 1.29 is 10.0 Å². The topological polar surface area (TPSA) is 75.7 Å². The van der Waals surface area contributed by atoms with Crippen molar-refractivity contribution in [3.8, 4) is 5.75 Å². The number of aliphatic imine (C=N–C) groups is 1. The summed E-state index contributed by atoms with van der Waals surface area (Å²) < 4.78 is 0.926. The second-order valence-corrected chi connectivity index (χ2v) is 5.05. The van der Waals surface area contributed by atoms with Crippen molar-refractivity contribution in [2.75, 3.05) is 0 Å². The normalized spacial score (nSPS) is 10.9. The average molecular weight is 335 g/mol. The number of phenolic OH excluding ortho intramolecular Hbond substituents is 1. The van der Waals surface area contributed by atoms with Crippen molar-refractivity contribution in [3.63, 3.8) is 0 Å². The Morgan fingerprint density at radius 1 is 1.30 bits per heavy atom. The van der Waals surface area contributed by atoms with Gasteiger partial charge in [0.2, 0.25) is 0 Å². The Balaban J connectivity index is 2.33. The van der Waals surface area contributed by atoms with E-state index in [9.17, 15) is 15.2 Å². The minimum absolute atomic E-state index is 0.0504. The molecule has 1 N–H and O–H groups in total. The van der Waals surface area contributed by atoms with Crippen molar-refractivity contribution in [2.45, 2.75) is 6.92 Å². The Bertz CT molecular complexity index is 699. The molecule has 102 valence electrons. The molecule has 0 heterocycles.